The van der Waals surface area contributed by atoms with Gasteiger partial charge in [-0.2, -0.15) is 4.31 Å². The minimum atomic E-state index is -3.81. The van der Waals surface area contributed by atoms with Crippen molar-refractivity contribution >= 4 is 15.7 Å². The minimum absolute atomic E-state index is 0.0313. The van der Waals surface area contributed by atoms with E-state index in [9.17, 15) is 23.6 Å². The van der Waals surface area contributed by atoms with Crippen LogP contribution < -0.4 is 0 Å². The molecule has 0 amide bonds. The van der Waals surface area contributed by atoms with Crippen molar-refractivity contribution in [2.45, 2.75) is 31.3 Å². The van der Waals surface area contributed by atoms with E-state index in [2.05, 4.69) is 0 Å². The van der Waals surface area contributed by atoms with Crippen LogP contribution in [-0.4, -0.2) is 41.9 Å². The Labute approximate surface area is 117 Å². The molecular formula is C12H16N2O5S. The van der Waals surface area contributed by atoms with Gasteiger partial charge >= 0.3 is 0 Å². The van der Waals surface area contributed by atoms with Crippen LogP contribution in [0.3, 0.4) is 0 Å². The van der Waals surface area contributed by atoms with Crippen LogP contribution in [0.25, 0.3) is 0 Å². The number of nitro groups is 1. The van der Waals surface area contributed by atoms with Crippen molar-refractivity contribution in [1.29, 1.82) is 0 Å². The highest BCUT2D eigenvalue weighted by Gasteiger charge is 2.33. The molecule has 0 aromatic heterocycles. The lowest BCUT2D eigenvalue weighted by Gasteiger charge is -2.18. The molecule has 1 atom stereocenters. The molecule has 0 unspecified atom stereocenters. The van der Waals surface area contributed by atoms with Gasteiger partial charge in [-0.1, -0.05) is 0 Å². The molecule has 1 aliphatic heterocycles. The lowest BCUT2D eigenvalue weighted by Crippen LogP contribution is -2.30. The van der Waals surface area contributed by atoms with Crippen LogP contribution in [0.1, 0.15) is 17.5 Å². The molecule has 2 rings (SSSR count). The molecule has 0 radical (unpaired) electrons. The zero-order valence-corrected chi connectivity index (χ0v) is 12.1. The fraction of sp³-hybridized carbons (Fsp3) is 0.500. The molecule has 1 N–H and O–H groups in total. The van der Waals surface area contributed by atoms with Crippen molar-refractivity contribution in [3.05, 3.63) is 33.4 Å². The number of nitrogens with zero attached hydrogens (tertiary/aromatic N) is 2. The third-order valence-electron chi connectivity index (χ3n) is 3.56. The zero-order valence-electron chi connectivity index (χ0n) is 11.2. The second-order valence-corrected chi connectivity index (χ2v) is 6.85. The monoisotopic (exact) mass is 300 g/mol. The molecule has 0 aliphatic carbocycles. The second-order valence-electron chi connectivity index (χ2n) is 4.95. The molecule has 1 aromatic rings. The molecule has 1 saturated heterocycles. The maximum absolute atomic E-state index is 12.5. The van der Waals surface area contributed by atoms with Crippen LogP contribution in [0.4, 0.5) is 5.69 Å². The van der Waals surface area contributed by atoms with E-state index in [4.69, 9.17) is 0 Å². The van der Waals surface area contributed by atoms with Gasteiger partial charge in [0.25, 0.3) is 5.69 Å². The van der Waals surface area contributed by atoms with Crippen LogP contribution in [0.5, 0.6) is 0 Å². The maximum atomic E-state index is 12.5. The Morgan fingerprint density at radius 2 is 2.05 bits per heavy atom. The molecule has 0 spiro atoms. The standard InChI is InChI=1S/C12H16N2O5S/c1-8-5-10(14(16)17)6-12(9(8)2)20(18,19)13-4-3-11(15)7-13/h5-6,11,15H,3-4,7H2,1-2H3/t11-/m0/s1. The largest absolute Gasteiger partial charge is 0.392 e. The van der Waals surface area contributed by atoms with Crippen LogP contribution in [0.2, 0.25) is 0 Å². The molecule has 1 fully saturated rings. The van der Waals surface area contributed by atoms with Gasteiger partial charge in [0.05, 0.1) is 15.9 Å². The predicted octanol–water partition coefficient (Wildman–Crippen LogP) is 0.967. The molecule has 0 saturated carbocycles. The van der Waals surface area contributed by atoms with Crippen molar-refractivity contribution in [3.63, 3.8) is 0 Å². The molecule has 110 valence electrons. The maximum Gasteiger partial charge on any atom is 0.271 e. The summed E-state index contributed by atoms with van der Waals surface area (Å²) in [5, 5.41) is 20.3. The first-order valence-electron chi connectivity index (χ1n) is 6.17. The van der Waals surface area contributed by atoms with Gasteiger partial charge in [-0.05, 0) is 31.4 Å². The van der Waals surface area contributed by atoms with Crippen molar-refractivity contribution in [2.24, 2.45) is 0 Å². The fourth-order valence-electron chi connectivity index (χ4n) is 2.25. The Kier molecular flexibility index (Phi) is 3.81. The van der Waals surface area contributed by atoms with Crippen LogP contribution >= 0.6 is 0 Å². The molecular weight excluding hydrogens is 284 g/mol. The van der Waals surface area contributed by atoms with Crippen LogP contribution in [0.15, 0.2) is 17.0 Å². The molecule has 20 heavy (non-hydrogen) atoms. The highest BCUT2D eigenvalue weighted by molar-refractivity contribution is 7.89. The Hall–Kier alpha value is -1.51. The van der Waals surface area contributed by atoms with Gasteiger partial charge in [0.15, 0.2) is 0 Å². The van der Waals surface area contributed by atoms with Gasteiger partial charge in [0.1, 0.15) is 0 Å². The number of sulfonamides is 1. The Bertz CT molecular complexity index is 656. The average molecular weight is 300 g/mol. The van der Waals surface area contributed by atoms with Gasteiger partial charge < -0.3 is 5.11 Å². The number of β-amino-alcohol motifs (C(OH)–C–C–N with tert-alkyl or cyclic N) is 1. The van der Waals surface area contributed by atoms with E-state index in [1.165, 1.54) is 10.4 Å². The summed E-state index contributed by atoms with van der Waals surface area (Å²) >= 11 is 0. The van der Waals surface area contributed by atoms with Crippen molar-refractivity contribution in [3.8, 4) is 0 Å². The zero-order chi connectivity index (χ0) is 15.1. The fourth-order valence-corrected chi connectivity index (χ4v) is 4.06. The molecule has 1 heterocycles. The van der Waals surface area contributed by atoms with Crippen molar-refractivity contribution in [2.75, 3.05) is 13.1 Å². The number of nitro benzene ring substituents is 1. The van der Waals surface area contributed by atoms with Gasteiger partial charge in [-0.15, -0.1) is 0 Å². The van der Waals surface area contributed by atoms with Gasteiger partial charge in [-0.25, -0.2) is 8.42 Å². The predicted molar refractivity (Wildman–Crippen MR) is 72.0 cm³/mol. The van der Waals surface area contributed by atoms with E-state index in [0.29, 0.717) is 17.5 Å². The first kappa shape index (κ1) is 14.9. The first-order chi connectivity index (χ1) is 9.23. The summed E-state index contributed by atoms with van der Waals surface area (Å²) in [4.78, 5) is 10.2. The number of benzene rings is 1. The Balaban J connectivity index is 2.54. The normalized spacial score (nSPS) is 20.2. The summed E-state index contributed by atoms with van der Waals surface area (Å²) < 4.78 is 26.2. The smallest absolute Gasteiger partial charge is 0.271 e. The van der Waals surface area contributed by atoms with Gasteiger partial charge in [-0.3, -0.25) is 10.1 Å². The summed E-state index contributed by atoms with van der Waals surface area (Å²) in [6, 6.07) is 2.44. The summed E-state index contributed by atoms with van der Waals surface area (Å²) in [5.41, 5.74) is 0.806. The highest BCUT2D eigenvalue weighted by Crippen LogP contribution is 2.29. The number of aliphatic hydroxyl groups is 1. The topological polar surface area (TPSA) is 101 Å². The van der Waals surface area contributed by atoms with E-state index in [-0.39, 0.29) is 23.7 Å². The van der Waals surface area contributed by atoms with E-state index in [1.807, 2.05) is 0 Å². The molecule has 1 aliphatic rings. The van der Waals surface area contributed by atoms with Crippen molar-refractivity contribution < 1.29 is 18.4 Å². The number of aryl methyl sites for hydroxylation is 1. The molecule has 8 heteroatoms. The van der Waals surface area contributed by atoms with Gasteiger partial charge in [0, 0.05) is 25.2 Å². The third kappa shape index (κ3) is 2.54. The Morgan fingerprint density at radius 3 is 2.55 bits per heavy atom. The quantitative estimate of drug-likeness (QED) is 0.662. The summed E-state index contributed by atoms with van der Waals surface area (Å²) in [6.07, 6.45) is -0.295. The first-order valence-corrected chi connectivity index (χ1v) is 7.61. The number of non-ortho nitro benzene ring substituents is 1. The number of hydrogen-bond donors (Lipinski definition) is 1. The lowest BCUT2D eigenvalue weighted by molar-refractivity contribution is -0.385. The lowest BCUT2D eigenvalue weighted by atomic mass is 10.1. The summed E-state index contributed by atoms with van der Waals surface area (Å²) in [7, 11) is -3.81. The summed E-state index contributed by atoms with van der Waals surface area (Å²) in [5.74, 6) is 0. The van der Waals surface area contributed by atoms with Crippen molar-refractivity contribution in [1.82, 2.24) is 4.31 Å². The van der Waals surface area contributed by atoms with Gasteiger partial charge in [0.2, 0.25) is 10.0 Å². The van der Waals surface area contributed by atoms with Crippen LogP contribution in [0, 0.1) is 24.0 Å². The number of rotatable bonds is 3. The minimum Gasteiger partial charge on any atom is -0.392 e. The second kappa shape index (κ2) is 5.12. The Morgan fingerprint density at radius 1 is 1.40 bits per heavy atom. The van der Waals surface area contributed by atoms with E-state index in [1.54, 1.807) is 13.8 Å². The molecule has 0 bridgehead atoms. The van der Waals surface area contributed by atoms with E-state index < -0.39 is 21.1 Å². The highest BCUT2D eigenvalue weighted by atomic mass is 32.2. The van der Waals surface area contributed by atoms with E-state index in [0.717, 1.165) is 6.07 Å². The number of hydrogen-bond acceptors (Lipinski definition) is 5. The SMILES string of the molecule is Cc1cc([N+](=O)[O-])cc(S(=O)(=O)N2CC[C@H](O)C2)c1C. The van der Waals surface area contributed by atoms with Crippen LogP contribution in [-0.2, 0) is 10.0 Å². The number of aliphatic hydroxyl groups excluding tert-OH is 1. The third-order valence-corrected chi connectivity index (χ3v) is 5.55. The summed E-state index contributed by atoms with van der Waals surface area (Å²) in [6.45, 7) is 3.52. The molecule has 7 nitrogen and oxygen atoms in total. The van der Waals surface area contributed by atoms with E-state index >= 15 is 0 Å². The molecule has 1 aromatic carbocycles. The average Bonchev–Trinajstić information content (AvgIpc) is 2.79.